The lowest BCUT2D eigenvalue weighted by molar-refractivity contribution is 0.260. The Balaban J connectivity index is 1.30. The third kappa shape index (κ3) is 4.24. The fourth-order valence-electron chi connectivity index (χ4n) is 11.3. The molecule has 0 saturated heterocycles. The number of benzene rings is 3. The molecule has 7 atom stereocenters. The first-order valence-electron chi connectivity index (χ1n) is 19.2. The zero-order chi connectivity index (χ0) is 35.4. The topological polar surface area (TPSA) is 25.8 Å². The van der Waals surface area contributed by atoms with Crippen LogP contribution in [-0.4, -0.2) is 9.97 Å². The van der Waals surface area contributed by atoms with Gasteiger partial charge in [-0.1, -0.05) is 135 Å². The second kappa shape index (κ2) is 11.2. The van der Waals surface area contributed by atoms with Gasteiger partial charge in [0.05, 0.1) is 22.8 Å². The van der Waals surface area contributed by atoms with Gasteiger partial charge in [0.25, 0.3) is 0 Å². The minimum atomic E-state index is -0.107. The minimum absolute atomic E-state index is 0.107. The summed E-state index contributed by atoms with van der Waals surface area (Å²) in [5.74, 6) is 2.07. The molecule has 3 fully saturated rings. The lowest BCUT2D eigenvalue weighted by atomic mass is 9.59. The van der Waals surface area contributed by atoms with Crippen LogP contribution in [0, 0.1) is 37.0 Å². The van der Waals surface area contributed by atoms with Crippen LogP contribution in [0.25, 0.3) is 40.6 Å². The second-order valence-electron chi connectivity index (χ2n) is 16.4. The number of rotatable bonds is 9. The summed E-state index contributed by atoms with van der Waals surface area (Å²) >= 11 is 0. The number of aryl methyl sites for hydroxylation is 1. The molecule has 3 aromatic carbocycles. The summed E-state index contributed by atoms with van der Waals surface area (Å²) in [7, 11) is 0. The summed E-state index contributed by atoms with van der Waals surface area (Å²) in [5, 5.41) is 0. The van der Waals surface area contributed by atoms with Gasteiger partial charge in [-0.3, -0.25) is 4.98 Å². The lowest BCUT2D eigenvalue weighted by Crippen LogP contribution is -2.37. The van der Waals surface area contributed by atoms with Crippen LogP contribution in [0.4, 0.5) is 0 Å². The van der Waals surface area contributed by atoms with E-state index in [0.717, 1.165) is 41.2 Å². The van der Waals surface area contributed by atoms with Gasteiger partial charge >= 0.3 is 0 Å². The maximum Gasteiger partial charge on any atom is 0.0937 e. The molecule has 0 N–H and O–H groups in total. The van der Waals surface area contributed by atoms with Gasteiger partial charge in [0.1, 0.15) is 0 Å². The van der Waals surface area contributed by atoms with Crippen LogP contribution in [0.3, 0.4) is 0 Å². The van der Waals surface area contributed by atoms with Crippen LogP contribution >= 0.6 is 0 Å². The van der Waals surface area contributed by atoms with Crippen LogP contribution in [-0.2, 0) is 17.3 Å². The zero-order valence-corrected chi connectivity index (χ0v) is 30.4. The SMILES string of the molecule is C=C/C=C\c1nc(-c2ccc(-c3ccc(C=C)c(C=C)c3C)c3c2C(Cc2ccccc2)CC24CC2C=CC2CC324)c(C23C=CC=CC2C3)nc1C. The molecular weight excluding hydrogens is 629 g/mol. The first kappa shape index (κ1) is 31.6. The maximum atomic E-state index is 5.62. The molecule has 6 aliphatic carbocycles. The molecule has 7 unspecified atom stereocenters. The first-order chi connectivity index (χ1) is 25.4. The van der Waals surface area contributed by atoms with Gasteiger partial charge in [0.15, 0.2) is 0 Å². The predicted molar refractivity (Wildman–Crippen MR) is 217 cm³/mol. The van der Waals surface area contributed by atoms with Gasteiger partial charge in [0.2, 0.25) is 0 Å². The second-order valence-corrected chi connectivity index (χ2v) is 16.4. The van der Waals surface area contributed by atoms with E-state index >= 15 is 0 Å². The Morgan fingerprint density at radius 1 is 0.769 bits per heavy atom. The molecule has 6 aliphatic rings. The Morgan fingerprint density at radius 2 is 1.58 bits per heavy atom. The highest BCUT2D eigenvalue weighted by Crippen LogP contribution is 2.84. The van der Waals surface area contributed by atoms with Crippen LogP contribution < -0.4 is 0 Å². The number of nitrogens with zero attached hydrogens (tertiary/aromatic N) is 2. The van der Waals surface area contributed by atoms with E-state index in [1.807, 2.05) is 24.3 Å². The summed E-state index contributed by atoms with van der Waals surface area (Å²) in [4.78, 5) is 11.1. The number of hydrogen-bond donors (Lipinski definition) is 0. The fourth-order valence-corrected chi connectivity index (χ4v) is 11.3. The molecule has 1 heterocycles. The molecule has 10 rings (SSSR count). The molecule has 2 heteroatoms. The molecular formula is C50H46N2. The Hall–Kier alpha value is -5.08. The van der Waals surface area contributed by atoms with E-state index in [1.54, 1.807) is 5.56 Å². The Bertz CT molecular complexity index is 2350. The Kier molecular flexibility index (Phi) is 6.82. The number of fused-ring (bicyclic) bond motifs is 2. The van der Waals surface area contributed by atoms with E-state index in [4.69, 9.17) is 9.97 Å². The summed E-state index contributed by atoms with van der Waals surface area (Å²) in [5.41, 5.74) is 16.6. The van der Waals surface area contributed by atoms with Gasteiger partial charge in [-0.2, -0.15) is 0 Å². The number of aromatic nitrogens is 2. The molecule has 4 aromatic rings. The zero-order valence-electron chi connectivity index (χ0n) is 30.4. The summed E-state index contributed by atoms with van der Waals surface area (Å²) in [6.07, 6.45) is 30.1. The van der Waals surface area contributed by atoms with E-state index in [2.05, 4.69) is 131 Å². The van der Waals surface area contributed by atoms with E-state index < -0.39 is 0 Å². The molecule has 0 radical (unpaired) electrons. The highest BCUT2D eigenvalue weighted by molar-refractivity contribution is 5.86. The Morgan fingerprint density at radius 3 is 2.37 bits per heavy atom. The molecule has 0 bridgehead atoms. The predicted octanol–water partition coefficient (Wildman–Crippen LogP) is 11.9. The molecule has 0 aliphatic heterocycles. The van der Waals surface area contributed by atoms with Crippen molar-refractivity contribution < 1.29 is 0 Å². The fraction of sp³-hybridized carbons (Fsp3) is 0.280. The average Bonchev–Trinajstić information content (AvgIpc) is 4.09. The van der Waals surface area contributed by atoms with E-state index in [1.165, 1.54) is 58.2 Å². The smallest absolute Gasteiger partial charge is 0.0937 e. The normalized spacial score (nSPS) is 30.8. The van der Waals surface area contributed by atoms with Crippen LogP contribution in [0.2, 0.25) is 0 Å². The third-order valence-corrected chi connectivity index (χ3v) is 14.0. The summed E-state index contributed by atoms with van der Waals surface area (Å²) in [6.45, 7) is 16.7. The average molecular weight is 675 g/mol. The van der Waals surface area contributed by atoms with Crippen molar-refractivity contribution >= 4 is 18.2 Å². The van der Waals surface area contributed by atoms with Crippen molar-refractivity contribution in [3.63, 3.8) is 0 Å². The van der Waals surface area contributed by atoms with Crippen LogP contribution in [0.5, 0.6) is 0 Å². The van der Waals surface area contributed by atoms with E-state index in [-0.39, 0.29) is 10.8 Å². The molecule has 256 valence electrons. The number of hydrogen-bond acceptors (Lipinski definition) is 2. The molecule has 2 nitrogen and oxygen atoms in total. The first-order valence-corrected chi connectivity index (χ1v) is 19.2. The largest absolute Gasteiger partial charge is 0.253 e. The molecule has 1 aromatic heterocycles. The summed E-state index contributed by atoms with van der Waals surface area (Å²) < 4.78 is 0. The van der Waals surface area contributed by atoms with Crippen molar-refractivity contribution in [3.05, 3.63) is 173 Å². The van der Waals surface area contributed by atoms with Crippen molar-refractivity contribution in [2.45, 2.75) is 62.7 Å². The van der Waals surface area contributed by atoms with Gasteiger partial charge in [-0.05, 0) is 126 Å². The van der Waals surface area contributed by atoms with Crippen molar-refractivity contribution in [1.29, 1.82) is 0 Å². The van der Waals surface area contributed by atoms with E-state index in [9.17, 15) is 0 Å². The van der Waals surface area contributed by atoms with Gasteiger partial charge in [-0.15, -0.1) is 0 Å². The molecule has 3 saturated carbocycles. The van der Waals surface area contributed by atoms with Crippen LogP contribution in [0.15, 0.2) is 123 Å². The van der Waals surface area contributed by atoms with E-state index in [0.29, 0.717) is 29.1 Å². The highest BCUT2D eigenvalue weighted by atomic mass is 14.9. The standard InChI is InChI=1S/C50H46N2/c1-6-9-18-43-32(5)51-47(48-25-14-13-17-36(48)28-48)46(52-43)42-24-23-41(40-22-19-34(7-2)39(8-3)31(40)4)45-44(42)35(26-33-15-11-10-12-16-33)27-49-29-37(49)20-21-38-30-50(38,45)49/h6-25,35-38H,1-3,26-30H2,4-5H3/b18-9-. The van der Waals surface area contributed by atoms with Gasteiger partial charge in [-0.25, -0.2) is 4.98 Å². The van der Waals surface area contributed by atoms with Crippen molar-refractivity contribution in [2.24, 2.45) is 23.2 Å². The summed E-state index contributed by atoms with van der Waals surface area (Å²) in [6, 6.07) is 20.7. The van der Waals surface area contributed by atoms with Crippen molar-refractivity contribution in [2.75, 3.05) is 0 Å². The molecule has 52 heavy (non-hydrogen) atoms. The highest BCUT2D eigenvalue weighted by Gasteiger charge is 2.79. The van der Waals surface area contributed by atoms with Crippen molar-refractivity contribution in [1.82, 2.24) is 9.97 Å². The molecule has 2 spiro atoms. The minimum Gasteiger partial charge on any atom is -0.253 e. The Labute approximate surface area is 308 Å². The van der Waals surface area contributed by atoms with Crippen LogP contribution in [0.1, 0.15) is 82.1 Å². The van der Waals surface area contributed by atoms with Gasteiger partial charge in [0, 0.05) is 16.4 Å². The third-order valence-electron chi connectivity index (χ3n) is 14.0. The molecule has 0 amide bonds. The monoisotopic (exact) mass is 674 g/mol. The van der Waals surface area contributed by atoms with Crippen molar-refractivity contribution in [3.8, 4) is 22.4 Å². The lowest BCUT2D eigenvalue weighted by Gasteiger charge is -2.44. The maximum absolute atomic E-state index is 5.62. The number of allylic oxidation sites excluding steroid dienone is 8. The van der Waals surface area contributed by atoms with Gasteiger partial charge < -0.3 is 0 Å². The quantitative estimate of drug-likeness (QED) is 0.130.